The van der Waals surface area contributed by atoms with Crippen molar-refractivity contribution in [2.75, 3.05) is 11.4 Å². The highest BCUT2D eigenvalue weighted by atomic mass is 16.3. The van der Waals surface area contributed by atoms with Crippen LogP contribution < -0.4 is 4.90 Å². The molecule has 1 unspecified atom stereocenters. The quantitative estimate of drug-likeness (QED) is 0.802. The van der Waals surface area contributed by atoms with E-state index in [9.17, 15) is 5.11 Å². The molecule has 0 saturated carbocycles. The first-order valence-corrected chi connectivity index (χ1v) is 5.78. The summed E-state index contributed by atoms with van der Waals surface area (Å²) in [5.41, 5.74) is 2.26. The van der Waals surface area contributed by atoms with E-state index >= 15 is 0 Å². The van der Waals surface area contributed by atoms with Gasteiger partial charge in [-0.1, -0.05) is 18.2 Å². The van der Waals surface area contributed by atoms with Gasteiger partial charge in [-0.15, -0.1) is 0 Å². The first kappa shape index (κ1) is 10.5. The number of para-hydroxylation sites is 1. The molecule has 1 atom stereocenters. The fourth-order valence-electron chi connectivity index (χ4n) is 2.38. The van der Waals surface area contributed by atoms with Gasteiger partial charge < -0.3 is 10.0 Å². The molecule has 1 aromatic carbocycles. The molecule has 82 valence electrons. The average Bonchev–Trinajstić information content (AvgIpc) is 2.30. The molecule has 15 heavy (non-hydrogen) atoms. The minimum Gasteiger partial charge on any atom is -0.392 e. The normalized spacial score (nSPS) is 21.7. The third-order valence-electron chi connectivity index (χ3n) is 3.27. The molecule has 0 spiro atoms. The molecule has 0 aromatic heterocycles. The minimum atomic E-state index is 0.138. The number of hydrogen-bond donors (Lipinski definition) is 1. The SMILES string of the molecule is CC1CCCCN1c1ccccc1CO. The Bertz CT molecular complexity index is 324. The van der Waals surface area contributed by atoms with E-state index in [4.69, 9.17) is 0 Å². The zero-order chi connectivity index (χ0) is 10.7. The van der Waals surface area contributed by atoms with Crippen LogP contribution in [-0.4, -0.2) is 17.7 Å². The van der Waals surface area contributed by atoms with E-state index in [1.807, 2.05) is 12.1 Å². The third-order valence-corrected chi connectivity index (χ3v) is 3.27. The lowest BCUT2D eigenvalue weighted by atomic mass is 10.0. The van der Waals surface area contributed by atoms with Crippen LogP contribution in [0.4, 0.5) is 5.69 Å². The Hall–Kier alpha value is -1.02. The molecule has 1 aliphatic rings. The van der Waals surface area contributed by atoms with E-state index in [1.165, 1.54) is 24.9 Å². The fourth-order valence-corrected chi connectivity index (χ4v) is 2.38. The Morgan fingerprint density at radius 1 is 1.33 bits per heavy atom. The Kier molecular flexibility index (Phi) is 3.27. The number of anilines is 1. The number of nitrogens with zero attached hydrogens (tertiary/aromatic N) is 1. The van der Waals surface area contributed by atoms with Gasteiger partial charge in [-0.05, 0) is 32.3 Å². The molecule has 0 aliphatic carbocycles. The number of benzene rings is 1. The Morgan fingerprint density at radius 2 is 2.13 bits per heavy atom. The largest absolute Gasteiger partial charge is 0.392 e. The van der Waals surface area contributed by atoms with Crippen LogP contribution in [0.2, 0.25) is 0 Å². The van der Waals surface area contributed by atoms with Crippen LogP contribution >= 0.6 is 0 Å². The van der Waals surface area contributed by atoms with E-state index in [-0.39, 0.29) is 6.61 Å². The Labute approximate surface area is 91.5 Å². The maximum absolute atomic E-state index is 9.31. The second kappa shape index (κ2) is 4.67. The lowest BCUT2D eigenvalue weighted by Crippen LogP contribution is -2.37. The van der Waals surface area contributed by atoms with Gasteiger partial charge in [0.05, 0.1) is 6.61 Å². The Balaban J connectivity index is 2.26. The second-order valence-electron chi connectivity index (χ2n) is 4.33. The van der Waals surface area contributed by atoms with Gasteiger partial charge in [-0.2, -0.15) is 0 Å². The molecular weight excluding hydrogens is 186 g/mol. The van der Waals surface area contributed by atoms with E-state index in [2.05, 4.69) is 24.0 Å². The average molecular weight is 205 g/mol. The monoisotopic (exact) mass is 205 g/mol. The van der Waals surface area contributed by atoms with E-state index < -0.39 is 0 Å². The van der Waals surface area contributed by atoms with Crippen molar-refractivity contribution >= 4 is 5.69 Å². The van der Waals surface area contributed by atoms with E-state index in [0.717, 1.165) is 12.1 Å². The third kappa shape index (κ3) is 2.15. The molecule has 1 saturated heterocycles. The van der Waals surface area contributed by atoms with Crippen molar-refractivity contribution in [1.82, 2.24) is 0 Å². The summed E-state index contributed by atoms with van der Waals surface area (Å²) < 4.78 is 0. The predicted molar refractivity (Wildman–Crippen MR) is 63.0 cm³/mol. The molecule has 0 radical (unpaired) electrons. The number of rotatable bonds is 2. The summed E-state index contributed by atoms with van der Waals surface area (Å²) in [6.45, 7) is 3.53. The van der Waals surface area contributed by atoms with Gasteiger partial charge in [0.1, 0.15) is 0 Å². The van der Waals surface area contributed by atoms with Crippen LogP contribution in [0.3, 0.4) is 0 Å². The van der Waals surface area contributed by atoms with Crippen molar-refractivity contribution in [3.05, 3.63) is 29.8 Å². The van der Waals surface area contributed by atoms with Crippen LogP contribution in [-0.2, 0) is 6.61 Å². The van der Waals surface area contributed by atoms with Crippen LogP contribution in [0.25, 0.3) is 0 Å². The highest BCUT2D eigenvalue weighted by Crippen LogP contribution is 2.27. The van der Waals surface area contributed by atoms with E-state index in [1.54, 1.807) is 0 Å². The van der Waals surface area contributed by atoms with Gasteiger partial charge in [0.25, 0.3) is 0 Å². The van der Waals surface area contributed by atoms with Crippen LogP contribution in [0.15, 0.2) is 24.3 Å². The van der Waals surface area contributed by atoms with Gasteiger partial charge >= 0.3 is 0 Å². The summed E-state index contributed by atoms with van der Waals surface area (Å²) in [7, 11) is 0. The molecule has 1 N–H and O–H groups in total. The van der Waals surface area contributed by atoms with Crippen molar-refractivity contribution in [3.63, 3.8) is 0 Å². The molecular formula is C13H19NO. The van der Waals surface area contributed by atoms with Crippen LogP contribution in [0.5, 0.6) is 0 Å². The summed E-state index contributed by atoms with van der Waals surface area (Å²) in [6, 6.07) is 8.77. The summed E-state index contributed by atoms with van der Waals surface area (Å²) in [4.78, 5) is 2.43. The molecule has 2 rings (SSSR count). The van der Waals surface area contributed by atoms with Gasteiger partial charge in [0.2, 0.25) is 0 Å². The lowest BCUT2D eigenvalue weighted by Gasteiger charge is -2.36. The summed E-state index contributed by atoms with van der Waals surface area (Å²) in [6.07, 6.45) is 3.86. The highest BCUT2D eigenvalue weighted by Gasteiger charge is 2.19. The molecule has 1 aliphatic heterocycles. The standard InChI is InChI=1S/C13H19NO/c1-11-6-4-5-9-14(11)13-8-3-2-7-12(13)10-15/h2-3,7-8,11,15H,4-6,9-10H2,1H3. The number of piperidine rings is 1. The highest BCUT2D eigenvalue weighted by molar-refractivity contribution is 5.54. The van der Waals surface area contributed by atoms with Crippen LogP contribution in [0, 0.1) is 0 Å². The topological polar surface area (TPSA) is 23.5 Å². The maximum atomic E-state index is 9.31. The van der Waals surface area contributed by atoms with E-state index in [0.29, 0.717) is 6.04 Å². The molecule has 1 fully saturated rings. The molecule has 2 nitrogen and oxygen atoms in total. The van der Waals surface area contributed by atoms with Gasteiger partial charge in [0.15, 0.2) is 0 Å². The van der Waals surface area contributed by atoms with Gasteiger partial charge in [-0.25, -0.2) is 0 Å². The zero-order valence-corrected chi connectivity index (χ0v) is 9.32. The second-order valence-corrected chi connectivity index (χ2v) is 4.33. The summed E-state index contributed by atoms with van der Waals surface area (Å²) in [5, 5.41) is 9.31. The van der Waals surface area contributed by atoms with Gasteiger partial charge in [-0.3, -0.25) is 0 Å². The van der Waals surface area contributed by atoms with Crippen molar-refractivity contribution in [1.29, 1.82) is 0 Å². The maximum Gasteiger partial charge on any atom is 0.0702 e. The molecule has 0 amide bonds. The van der Waals surface area contributed by atoms with Crippen molar-refractivity contribution < 1.29 is 5.11 Å². The fraction of sp³-hybridized carbons (Fsp3) is 0.538. The first-order valence-electron chi connectivity index (χ1n) is 5.78. The van der Waals surface area contributed by atoms with Crippen molar-refractivity contribution in [2.24, 2.45) is 0 Å². The molecule has 1 aromatic rings. The van der Waals surface area contributed by atoms with Crippen molar-refractivity contribution in [3.8, 4) is 0 Å². The number of aliphatic hydroxyl groups is 1. The Morgan fingerprint density at radius 3 is 2.87 bits per heavy atom. The summed E-state index contributed by atoms with van der Waals surface area (Å²) >= 11 is 0. The number of aliphatic hydroxyl groups excluding tert-OH is 1. The smallest absolute Gasteiger partial charge is 0.0702 e. The molecule has 0 bridgehead atoms. The van der Waals surface area contributed by atoms with Crippen molar-refractivity contribution in [2.45, 2.75) is 38.8 Å². The predicted octanol–water partition coefficient (Wildman–Crippen LogP) is 2.56. The molecule has 1 heterocycles. The van der Waals surface area contributed by atoms with Gasteiger partial charge in [0, 0.05) is 23.8 Å². The molecule has 2 heteroatoms. The van der Waals surface area contributed by atoms with Crippen LogP contribution in [0.1, 0.15) is 31.7 Å². The number of hydrogen-bond acceptors (Lipinski definition) is 2. The first-order chi connectivity index (χ1) is 7.33. The lowest BCUT2D eigenvalue weighted by molar-refractivity contribution is 0.281. The minimum absolute atomic E-state index is 0.138. The zero-order valence-electron chi connectivity index (χ0n) is 9.32. The summed E-state index contributed by atoms with van der Waals surface area (Å²) in [5.74, 6) is 0.